The van der Waals surface area contributed by atoms with Gasteiger partial charge < -0.3 is 44.7 Å². The van der Waals surface area contributed by atoms with Crippen molar-refractivity contribution < 1.29 is 37.8 Å². The first-order chi connectivity index (χ1) is 38.2. The number of piperidine rings is 1. The Bertz CT molecular complexity index is 3130. The van der Waals surface area contributed by atoms with Gasteiger partial charge in [-0.05, 0) is 122 Å². The molecule has 4 N–H and O–H groups in total. The number of benzene rings is 4. The van der Waals surface area contributed by atoms with Crippen molar-refractivity contribution in [3.8, 4) is 0 Å². The van der Waals surface area contributed by atoms with Gasteiger partial charge in [-0.2, -0.15) is 0 Å². The highest BCUT2D eigenvalue weighted by atomic mass is 19.1. The maximum absolute atomic E-state index is 16.9. The second-order valence-electron chi connectivity index (χ2n) is 22.2. The predicted molar refractivity (Wildman–Crippen MR) is 301 cm³/mol. The monoisotopic (exact) mass is 1080 g/mol. The molecule has 4 aliphatic rings. The van der Waals surface area contributed by atoms with E-state index in [0.29, 0.717) is 112 Å². The lowest BCUT2D eigenvalue weighted by Gasteiger charge is -2.36. The largest absolute Gasteiger partial charge is 0.465 e. The van der Waals surface area contributed by atoms with Crippen molar-refractivity contribution in [2.24, 2.45) is 11.8 Å². The fourth-order valence-electron chi connectivity index (χ4n) is 13.6. The van der Waals surface area contributed by atoms with Crippen molar-refractivity contribution in [1.29, 1.82) is 0 Å². The van der Waals surface area contributed by atoms with E-state index < -0.39 is 35.9 Å². The van der Waals surface area contributed by atoms with Crippen molar-refractivity contribution in [1.82, 2.24) is 40.0 Å². The van der Waals surface area contributed by atoms with Gasteiger partial charge in [0, 0.05) is 38.9 Å². The van der Waals surface area contributed by atoms with Gasteiger partial charge in [0.1, 0.15) is 29.4 Å². The van der Waals surface area contributed by atoms with Crippen LogP contribution in [-0.2, 0) is 14.3 Å². The lowest BCUT2D eigenvalue weighted by molar-refractivity contribution is -0.139. The lowest BCUT2D eigenvalue weighted by Crippen LogP contribution is -2.52. The molecule has 79 heavy (non-hydrogen) atoms. The summed E-state index contributed by atoms with van der Waals surface area (Å²) < 4.78 is 38.7. The molecule has 10 rings (SSSR count). The molecule has 4 amide bonds. The number of carboxylic acid groups (broad SMARTS) is 1. The number of likely N-dealkylation sites (N-methyl/N-ethyl adjacent to an activating group) is 1. The Morgan fingerprint density at radius 1 is 0.671 bits per heavy atom. The summed E-state index contributed by atoms with van der Waals surface area (Å²) >= 11 is 0. The van der Waals surface area contributed by atoms with E-state index in [-0.39, 0.29) is 53.5 Å². The van der Waals surface area contributed by atoms with Crippen LogP contribution in [0, 0.1) is 23.5 Å². The summed E-state index contributed by atoms with van der Waals surface area (Å²) in [6, 6.07) is 22.5. The summed E-state index contributed by atoms with van der Waals surface area (Å²) in [5, 5.41) is 12.8. The van der Waals surface area contributed by atoms with Gasteiger partial charge in [-0.25, -0.2) is 28.3 Å². The summed E-state index contributed by atoms with van der Waals surface area (Å²) in [4.78, 5) is 79.4. The van der Waals surface area contributed by atoms with E-state index in [4.69, 9.17) is 14.7 Å². The molecule has 6 aromatic rings. The topological polar surface area (TPSA) is 183 Å². The standard InChI is InChI=1S/C61H76F2N10O6/c1-7-36(8-2)53(68-60(76)79-6)58(74)71-28-14-18-51(71)56-64-45-22-20-40(32-47(45)66-56)49-24-25-50(73(49)42-34-43(62)55(44(63)35-42)70-30-26-39(27-31-70)38-16-12-11-13-17-38)41-21-23-46-48(33-41)67-57(65-46)52-19-15-29-72(52)59(75)54(37(9-3)10-4)69(5)61(77)78/h11-13,16-17,20-23,32-37,39,49-54H,7-10,14-15,18-19,24-31H2,1-6H3,(H,64,66)(H,65,67)(H,68,76)(H,77,78)/t49-,50-,51+,52+,53?,54?/m1/s1. The number of amides is 4. The maximum atomic E-state index is 16.9. The van der Waals surface area contributed by atoms with Crippen LogP contribution in [0.15, 0.2) is 78.9 Å². The van der Waals surface area contributed by atoms with Crippen molar-refractivity contribution in [3.63, 3.8) is 0 Å². The fourth-order valence-corrected chi connectivity index (χ4v) is 13.6. The smallest absolute Gasteiger partial charge is 0.407 e. The number of aromatic nitrogens is 4. The number of fused-ring (bicyclic) bond motifs is 2. The van der Waals surface area contributed by atoms with Gasteiger partial charge in [0.05, 0.1) is 53.3 Å². The number of H-pyrrole nitrogens is 2. The number of alkyl carbamates (subject to hydrolysis) is 1. The Morgan fingerprint density at radius 3 is 1.68 bits per heavy atom. The summed E-state index contributed by atoms with van der Waals surface area (Å²) in [5.41, 5.74) is 6.46. The van der Waals surface area contributed by atoms with Gasteiger partial charge in [0.25, 0.3) is 0 Å². The molecular weight excluding hydrogens is 1010 g/mol. The van der Waals surface area contributed by atoms with Gasteiger partial charge in [-0.3, -0.25) is 14.5 Å². The third-order valence-electron chi connectivity index (χ3n) is 18.0. The lowest BCUT2D eigenvalue weighted by atomic mass is 9.89. The van der Waals surface area contributed by atoms with Crippen molar-refractivity contribution in [2.75, 3.05) is 50.1 Å². The normalized spacial score (nSPS) is 20.7. The van der Waals surface area contributed by atoms with E-state index in [1.54, 1.807) is 4.90 Å². The number of methoxy groups -OCH3 is 1. The molecule has 4 saturated heterocycles. The van der Waals surface area contributed by atoms with Gasteiger partial charge in [0.15, 0.2) is 11.6 Å². The van der Waals surface area contributed by atoms with Crippen LogP contribution in [0.5, 0.6) is 0 Å². The highest BCUT2D eigenvalue weighted by Gasteiger charge is 2.43. The Labute approximate surface area is 461 Å². The SMILES string of the molecule is CCC(CC)C(NC(=O)OC)C(=O)N1CCC[C@H]1c1nc2cc([C@H]3CC[C@H](c4ccc5[nH]c([C@@H]6CCCN6C(=O)C(C(CC)CC)N(C)C(=O)O)nc5c4)N3c3cc(F)c(N4CCC(c5ccccc5)CC4)c(F)c3)ccc2[nH]1. The number of nitrogens with zero attached hydrogens (tertiary/aromatic N) is 7. The molecule has 0 aliphatic carbocycles. The van der Waals surface area contributed by atoms with Crippen LogP contribution in [-0.4, -0.2) is 116 Å². The fraction of sp³-hybridized carbons (Fsp3) is 0.508. The van der Waals surface area contributed by atoms with E-state index in [1.165, 1.54) is 31.9 Å². The molecule has 0 bridgehead atoms. The predicted octanol–water partition coefficient (Wildman–Crippen LogP) is 12.1. The van der Waals surface area contributed by atoms with Crippen LogP contribution >= 0.6 is 0 Å². The Hall–Kier alpha value is -7.24. The van der Waals surface area contributed by atoms with Gasteiger partial charge in [-0.15, -0.1) is 0 Å². The molecule has 2 unspecified atom stereocenters. The van der Waals surface area contributed by atoms with E-state index in [1.807, 2.05) is 92.1 Å². The first kappa shape index (κ1) is 55.1. The first-order valence-electron chi connectivity index (χ1n) is 28.7. The molecule has 420 valence electrons. The zero-order chi connectivity index (χ0) is 55.6. The number of carbonyl (C=O) groups excluding carboxylic acids is 3. The number of hydrogen-bond donors (Lipinski definition) is 4. The van der Waals surface area contributed by atoms with Crippen LogP contribution < -0.4 is 15.1 Å². The maximum Gasteiger partial charge on any atom is 0.407 e. The first-order valence-corrected chi connectivity index (χ1v) is 28.7. The minimum absolute atomic E-state index is 0.00878. The zero-order valence-corrected chi connectivity index (χ0v) is 46.4. The molecule has 4 aromatic carbocycles. The number of imidazole rings is 2. The van der Waals surface area contributed by atoms with Crippen LogP contribution in [0.1, 0.15) is 163 Å². The average molecular weight is 1080 g/mol. The third-order valence-corrected chi connectivity index (χ3v) is 18.0. The van der Waals surface area contributed by atoms with E-state index in [0.717, 1.165) is 52.7 Å². The minimum atomic E-state index is -1.14. The number of carbonyl (C=O) groups is 4. The van der Waals surface area contributed by atoms with E-state index >= 15 is 8.78 Å². The number of aromatic amines is 2. The van der Waals surface area contributed by atoms with E-state index in [2.05, 4.69) is 32.3 Å². The summed E-state index contributed by atoms with van der Waals surface area (Å²) in [5.74, 6) is -0.216. The van der Waals surface area contributed by atoms with Crippen molar-refractivity contribution in [3.05, 3.63) is 119 Å². The Balaban J connectivity index is 0.970. The summed E-state index contributed by atoms with van der Waals surface area (Å²) in [7, 11) is 2.77. The molecule has 0 spiro atoms. The number of anilines is 2. The number of nitrogens with one attached hydrogen (secondary N) is 3. The second-order valence-corrected chi connectivity index (χ2v) is 22.2. The number of hydrogen-bond acceptors (Lipinski definition) is 9. The molecule has 6 atom stereocenters. The van der Waals surface area contributed by atoms with Crippen molar-refractivity contribution in [2.45, 2.75) is 147 Å². The highest BCUT2D eigenvalue weighted by molar-refractivity contribution is 5.88. The number of rotatable bonds is 17. The molecule has 18 heteroatoms. The molecule has 2 aromatic heterocycles. The van der Waals surface area contributed by atoms with E-state index in [9.17, 15) is 24.3 Å². The molecule has 0 radical (unpaired) electrons. The quantitative estimate of drug-likeness (QED) is 0.0686. The average Bonchev–Trinajstić information content (AvgIpc) is 4.54. The summed E-state index contributed by atoms with van der Waals surface area (Å²) in [6.07, 6.45) is 6.73. The van der Waals surface area contributed by atoms with Gasteiger partial charge in [0.2, 0.25) is 11.8 Å². The van der Waals surface area contributed by atoms with Crippen LogP contribution in [0.4, 0.5) is 29.7 Å². The molecule has 4 fully saturated rings. The highest BCUT2D eigenvalue weighted by Crippen LogP contribution is 2.49. The Kier molecular flexibility index (Phi) is 16.5. The number of halogens is 2. The number of ether oxygens (including phenoxy) is 1. The summed E-state index contributed by atoms with van der Waals surface area (Å²) in [6.45, 7) is 10.1. The Morgan fingerprint density at radius 2 is 1.19 bits per heavy atom. The van der Waals surface area contributed by atoms with Gasteiger partial charge >= 0.3 is 12.2 Å². The van der Waals surface area contributed by atoms with Crippen LogP contribution in [0.3, 0.4) is 0 Å². The second kappa shape index (κ2) is 23.6. The van der Waals surface area contributed by atoms with Crippen LogP contribution in [0.2, 0.25) is 0 Å². The molecule has 6 heterocycles. The third kappa shape index (κ3) is 10.8. The zero-order valence-electron chi connectivity index (χ0n) is 46.4. The minimum Gasteiger partial charge on any atom is -0.465 e. The number of likely N-dealkylation sites (tertiary alicyclic amines) is 2. The molecular formula is C61H76F2N10O6. The van der Waals surface area contributed by atoms with Crippen LogP contribution in [0.25, 0.3) is 22.1 Å². The molecule has 0 saturated carbocycles. The van der Waals surface area contributed by atoms with Gasteiger partial charge in [-0.1, -0.05) is 95.8 Å². The van der Waals surface area contributed by atoms with Crippen molar-refractivity contribution >= 4 is 57.4 Å². The molecule has 4 aliphatic heterocycles. The molecule has 16 nitrogen and oxygen atoms in total.